The maximum absolute atomic E-state index is 12.7. The van der Waals surface area contributed by atoms with Gasteiger partial charge in [0.25, 0.3) is 10.0 Å². The molecule has 152 valence electrons. The van der Waals surface area contributed by atoms with Gasteiger partial charge in [-0.2, -0.15) is 0 Å². The number of imide groups is 1. The van der Waals surface area contributed by atoms with Crippen molar-refractivity contribution < 1.29 is 27.5 Å². The van der Waals surface area contributed by atoms with Crippen molar-refractivity contribution in [1.82, 2.24) is 0 Å². The van der Waals surface area contributed by atoms with Crippen LogP contribution in [0.3, 0.4) is 0 Å². The molecule has 1 fully saturated rings. The molecule has 0 spiro atoms. The lowest BCUT2D eigenvalue weighted by atomic mass is 10.1. The quantitative estimate of drug-likeness (QED) is 0.573. The second-order valence-electron chi connectivity index (χ2n) is 6.42. The van der Waals surface area contributed by atoms with Crippen molar-refractivity contribution >= 4 is 39.2 Å². The van der Waals surface area contributed by atoms with Gasteiger partial charge in [0.1, 0.15) is 0 Å². The molecule has 1 saturated heterocycles. The van der Waals surface area contributed by atoms with Gasteiger partial charge in [-0.05, 0) is 55.8 Å². The highest BCUT2D eigenvalue weighted by Crippen LogP contribution is 2.26. The fraction of sp³-hybridized carbons (Fsp3) is 0.250. The van der Waals surface area contributed by atoms with Gasteiger partial charge in [0, 0.05) is 12.8 Å². The van der Waals surface area contributed by atoms with E-state index >= 15 is 0 Å². The number of benzene rings is 2. The van der Waals surface area contributed by atoms with Gasteiger partial charge in [0.05, 0.1) is 28.4 Å². The van der Waals surface area contributed by atoms with Crippen LogP contribution in [0.2, 0.25) is 0 Å². The average molecular weight is 416 g/mol. The third-order valence-corrected chi connectivity index (χ3v) is 5.91. The molecule has 0 aromatic heterocycles. The van der Waals surface area contributed by atoms with Gasteiger partial charge in [-0.25, -0.2) is 13.2 Å². The van der Waals surface area contributed by atoms with Crippen LogP contribution < -0.4 is 9.62 Å². The number of ether oxygens (including phenoxy) is 1. The van der Waals surface area contributed by atoms with E-state index in [9.17, 15) is 22.8 Å². The zero-order valence-electron chi connectivity index (χ0n) is 16.0. The molecule has 0 aliphatic carbocycles. The summed E-state index contributed by atoms with van der Waals surface area (Å²) in [6.45, 7) is 3.52. The van der Waals surface area contributed by atoms with E-state index in [-0.39, 0.29) is 47.4 Å². The van der Waals surface area contributed by atoms with Gasteiger partial charge in [-0.3, -0.25) is 19.2 Å². The SMILES string of the molecule is CCOC(=O)c1cccc(NS(=O)(=O)c2ccc(N3C(=O)CCC3=O)cc2)c1C. The lowest BCUT2D eigenvalue weighted by Crippen LogP contribution is -2.28. The summed E-state index contributed by atoms with van der Waals surface area (Å²) in [6, 6.07) is 10.1. The van der Waals surface area contributed by atoms with Crippen molar-refractivity contribution in [1.29, 1.82) is 0 Å². The van der Waals surface area contributed by atoms with Crippen LogP contribution in [-0.2, 0) is 24.3 Å². The summed E-state index contributed by atoms with van der Waals surface area (Å²) < 4.78 is 32.9. The molecule has 9 heteroatoms. The van der Waals surface area contributed by atoms with E-state index in [0.717, 1.165) is 4.90 Å². The second kappa shape index (κ2) is 8.04. The molecule has 2 aromatic rings. The largest absolute Gasteiger partial charge is 0.462 e. The first kappa shape index (κ1) is 20.5. The van der Waals surface area contributed by atoms with Crippen molar-refractivity contribution in [2.45, 2.75) is 31.6 Å². The molecule has 3 rings (SSSR count). The molecule has 29 heavy (non-hydrogen) atoms. The van der Waals surface area contributed by atoms with E-state index in [0.29, 0.717) is 11.3 Å². The molecule has 1 N–H and O–H groups in total. The second-order valence-corrected chi connectivity index (χ2v) is 8.10. The van der Waals surface area contributed by atoms with Gasteiger partial charge < -0.3 is 4.74 Å². The number of hydrogen-bond acceptors (Lipinski definition) is 6. The van der Waals surface area contributed by atoms with Gasteiger partial charge >= 0.3 is 5.97 Å². The summed E-state index contributed by atoms with van der Waals surface area (Å²) in [6.07, 6.45) is 0.299. The number of carbonyl (C=O) groups is 3. The molecule has 8 nitrogen and oxygen atoms in total. The molecule has 0 saturated carbocycles. The molecule has 0 bridgehead atoms. The van der Waals surface area contributed by atoms with E-state index < -0.39 is 16.0 Å². The van der Waals surface area contributed by atoms with Crippen LogP contribution in [0.1, 0.15) is 35.7 Å². The van der Waals surface area contributed by atoms with Crippen molar-refractivity contribution in [2.24, 2.45) is 0 Å². The number of carbonyl (C=O) groups excluding carboxylic acids is 3. The van der Waals surface area contributed by atoms with Crippen molar-refractivity contribution in [3.05, 3.63) is 53.6 Å². The molecular weight excluding hydrogens is 396 g/mol. The Kier molecular flexibility index (Phi) is 5.69. The number of sulfonamides is 1. The predicted molar refractivity (Wildman–Crippen MR) is 106 cm³/mol. The first-order chi connectivity index (χ1) is 13.7. The number of rotatable bonds is 6. The number of nitrogens with one attached hydrogen (secondary N) is 1. The highest BCUT2D eigenvalue weighted by molar-refractivity contribution is 7.92. The molecule has 0 atom stereocenters. The first-order valence-electron chi connectivity index (χ1n) is 9.00. The number of esters is 1. The maximum Gasteiger partial charge on any atom is 0.338 e. The normalized spacial score (nSPS) is 14.2. The Hall–Kier alpha value is -3.20. The average Bonchev–Trinajstić information content (AvgIpc) is 3.02. The van der Waals surface area contributed by atoms with Gasteiger partial charge in [0.15, 0.2) is 0 Å². The fourth-order valence-corrected chi connectivity index (χ4v) is 4.14. The zero-order valence-corrected chi connectivity index (χ0v) is 16.8. The molecule has 2 aromatic carbocycles. The minimum absolute atomic E-state index is 0.0405. The van der Waals surface area contributed by atoms with Crippen LogP contribution in [0.5, 0.6) is 0 Å². The molecular formula is C20H20N2O6S. The molecule has 1 heterocycles. The third kappa shape index (κ3) is 4.14. The van der Waals surface area contributed by atoms with Crippen LogP contribution in [0, 0.1) is 6.92 Å². The minimum atomic E-state index is -3.95. The Morgan fingerprint density at radius 1 is 1.07 bits per heavy atom. The number of amides is 2. The number of nitrogens with zero attached hydrogens (tertiary/aromatic N) is 1. The minimum Gasteiger partial charge on any atom is -0.462 e. The van der Waals surface area contributed by atoms with Crippen molar-refractivity contribution in [2.75, 3.05) is 16.2 Å². The van der Waals surface area contributed by atoms with E-state index in [2.05, 4.69) is 4.72 Å². The lowest BCUT2D eigenvalue weighted by Gasteiger charge is -2.15. The third-order valence-electron chi connectivity index (χ3n) is 4.53. The summed E-state index contributed by atoms with van der Waals surface area (Å²) in [5.41, 5.74) is 1.30. The predicted octanol–water partition coefficient (Wildman–Crippen LogP) is 2.63. The highest BCUT2D eigenvalue weighted by atomic mass is 32.2. The van der Waals surface area contributed by atoms with E-state index in [1.165, 1.54) is 24.3 Å². The smallest absolute Gasteiger partial charge is 0.338 e. The lowest BCUT2D eigenvalue weighted by molar-refractivity contribution is -0.121. The summed E-state index contributed by atoms with van der Waals surface area (Å²) in [5, 5.41) is 0. The first-order valence-corrected chi connectivity index (χ1v) is 10.5. The zero-order chi connectivity index (χ0) is 21.2. The van der Waals surface area contributed by atoms with Crippen LogP contribution >= 0.6 is 0 Å². The van der Waals surface area contributed by atoms with Gasteiger partial charge in [-0.1, -0.05) is 6.07 Å². The molecule has 1 aliphatic rings. The summed E-state index contributed by atoms with van der Waals surface area (Å²) in [5.74, 6) is -1.15. The van der Waals surface area contributed by atoms with E-state index in [1.54, 1.807) is 32.0 Å². The van der Waals surface area contributed by atoms with Gasteiger partial charge in [-0.15, -0.1) is 0 Å². The fourth-order valence-electron chi connectivity index (χ4n) is 3.02. The molecule has 1 aliphatic heterocycles. The Morgan fingerprint density at radius 3 is 2.28 bits per heavy atom. The maximum atomic E-state index is 12.7. The van der Waals surface area contributed by atoms with Crippen LogP contribution in [0.25, 0.3) is 0 Å². The van der Waals surface area contributed by atoms with E-state index in [4.69, 9.17) is 4.74 Å². The summed E-state index contributed by atoms with van der Waals surface area (Å²) in [4.78, 5) is 36.7. The summed E-state index contributed by atoms with van der Waals surface area (Å²) in [7, 11) is -3.95. The number of anilines is 2. The van der Waals surface area contributed by atoms with Crippen LogP contribution in [0.4, 0.5) is 11.4 Å². The Morgan fingerprint density at radius 2 is 1.69 bits per heavy atom. The number of hydrogen-bond donors (Lipinski definition) is 1. The van der Waals surface area contributed by atoms with Crippen molar-refractivity contribution in [3.8, 4) is 0 Å². The van der Waals surface area contributed by atoms with Crippen molar-refractivity contribution in [3.63, 3.8) is 0 Å². The van der Waals surface area contributed by atoms with Crippen LogP contribution in [0.15, 0.2) is 47.4 Å². The van der Waals surface area contributed by atoms with E-state index in [1.807, 2.05) is 0 Å². The molecule has 0 unspecified atom stereocenters. The summed E-state index contributed by atoms with van der Waals surface area (Å²) >= 11 is 0. The monoisotopic (exact) mass is 416 g/mol. The highest BCUT2D eigenvalue weighted by Gasteiger charge is 2.30. The molecule has 2 amide bonds. The van der Waals surface area contributed by atoms with Gasteiger partial charge in [0.2, 0.25) is 11.8 Å². The standard InChI is InChI=1S/C20H20N2O6S/c1-3-28-20(25)16-5-4-6-17(13(16)2)21-29(26,27)15-9-7-14(8-10-15)22-18(23)11-12-19(22)24/h4-10,21H,3,11-12H2,1-2H3. The van der Waals surface area contributed by atoms with Crippen LogP contribution in [-0.4, -0.2) is 32.8 Å². The topological polar surface area (TPSA) is 110 Å². The molecule has 0 radical (unpaired) electrons. The Bertz CT molecular complexity index is 1060. The Labute approximate surface area is 168 Å². The Balaban J connectivity index is 1.85.